The maximum atomic E-state index is 10.9. The Morgan fingerprint density at radius 2 is 2.55 bits per heavy atom. The summed E-state index contributed by atoms with van der Waals surface area (Å²) in [5, 5.41) is 0. The van der Waals surface area contributed by atoms with Crippen LogP contribution in [0.25, 0.3) is 0 Å². The topological polar surface area (TPSA) is 55.6 Å². The molecule has 11 heavy (non-hydrogen) atoms. The molecular weight excluding hydrogens is 144 g/mol. The highest BCUT2D eigenvalue weighted by atomic mass is 16.5. The van der Waals surface area contributed by atoms with Gasteiger partial charge in [0.2, 0.25) is 5.91 Å². The summed E-state index contributed by atoms with van der Waals surface area (Å²) in [6.45, 7) is 2.20. The van der Waals surface area contributed by atoms with E-state index < -0.39 is 0 Å². The predicted octanol–water partition coefficient (Wildman–Crippen LogP) is -0.808. The van der Waals surface area contributed by atoms with E-state index in [4.69, 9.17) is 10.5 Å². The Balaban J connectivity index is 2.06. The van der Waals surface area contributed by atoms with Gasteiger partial charge in [-0.05, 0) is 6.42 Å². The number of amides is 1. The number of hydrogen-bond acceptors (Lipinski definition) is 3. The van der Waals surface area contributed by atoms with Crippen LogP contribution in [0.2, 0.25) is 0 Å². The highest BCUT2D eigenvalue weighted by molar-refractivity contribution is 5.87. The summed E-state index contributed by atoms with van der Waals surface area (Å²) in [6, 6.07) is -0.238. The maximum Gasteiger partial charge on any atom is 0.241 e. The number of β-lactam (4-membered cyclic amide) rings is 1. The van der Waals surface area contributed by atoms with Crippen molar-refractivity contribution in [1.29, 1.82) is 0 Å². The van der Waals surface area contributed by atoms with E-state index >= 15 is 0 Å². The zero-order chi connectivity index (χ0) is 8.27. The van der Waals surface area contributed by atoms with Crippen molar-refractivity contribution >= 4 is 5.91 Å². The Bertz CT molecular complexity index is 149. The van der Waals surface area contributed by atoms with E-state index in [0.717, 1.165) is 13.0 Å². The van der Waals surface area contributed by atoms with Gasteiger partial charge in [0.25, 0.3) is 0 Å². The number of carbonyl (C=O) groups excluding carboxylic acids is 1. The number of ether oxygens (including phenoxy) is 1. The minimum atomic E-state index is -0.238. The number of carbonyl (C=O) groups is 1. The van der Waals surface area contributed by atoms with Gasteiger partial charge in [-0.2, -0.15) is 0 Å². The van der Waals surface area contributed by atoms with Gasteiger partial charge in [0.05, 0.1) is 0 Å². The molecule has 1 aliphatic rings. The molecule has 2 N–H and O–H groups in total. The van der Waals surface area contributed by atoms with Crippen LogP contribution >= 0.6 is 0 Å². The van der Waals surface area contributed by atoms with Gasteiger partial charge in [-0.25, -0.2) is 0 Å². The van der Waals surface area contributed by atoms with Crippen LogP contribution in [0, 0.1) is 0 Å². The lowest BCUT2D eigenvalue weighted by Crippen LogP contribution is -2.61. The molecule has 1 heterocycles. The molecule has 64 valence electrons. The largest absolute Gasteiger partial charge is 0.385 e. The second-order valence-corrected chi connectivity index (χ2v) is 2.74. The van der Waals surface area contributed by atoms with Crippen LogP contribution in [-0.4, -0.2) is 43.7 Å². The van der Waals surface area contributed by atoms with Gasteiger partial charge in [0.15, 0.2) is 0 Å². The molecule has 0 aromatic rings. The minimum absolute atomic E-state index is 0.0705. The lowest BCUT2D eigenvalue weighted by atomic mass is 10.1. The van der Waals surface area contributed by atoms with Crippen LogP contribution < -0.4 is 5.73 Å². The zero-order valence-electron chi connectivity index (χ0n) is 6.75. The molecule has 1 saturated heterocycles. The van der Waals surface area contributed by atoms with Crippen LogP contribution in [0.4, 0.5) is 0 Å². The average Bonchev–Trinajstić information content (AvgIpc) is 2.03. The summed E-state index contributed by atoms with van der Waals surface area (Å²) < 4.78 is 4.85. The lowest BCUT2D eigenvalue weighted by Gasteiger charge is -2.36. The highest BCUT2D eigenvalue weighted by Crippen LogP contribution is 2.07. The number of hydrogen-bond donors (Lipinski definition) is 1. The molecule has 0 aliphatic carbocycles. The molecule has 4 nitrogen and oxygen atoms in total. The fourth-order valence-electron chi connectivity index (χ4n) is 1.13. The highest BCUT2D eigenvalue weighted by Gasteiger charge is 2.32. The Morgan fingerprint density at radius 3 is 3.00 bits per heavy atom. The Labute approximate surface area is 66.3 Å². The van der Waals surface area contributed by atoms with E-state index in [1.54, 1.807) is 12.0 Å². The van der Waals surface area contributed by atoms with E-state index in [9.17, 15) is 4.79 Å². The maximum absolute atomic E-state index is 10.9. The van der Waals surface area contributed by atoms with E-state index in [2.05, 4.69) is 0 Å². The predicted molar refractivity (Wildman–Crippen MR) is 41.0 cm³/mol. The Kier molecular flexibility index (Phi) is 2.84. The number of nitrogens with zero attached hydrogens (tertiary/aromatic N) is 1. The zero-order valence-corrected chi connectivity index (χ0v) is 6.75. The van der Waals surface area contributed by atoms with Crippen molar-refractivity contribution in [3.63, 3.8) is 0 Å². The smallest absolute Gasteiger partial charge is 0.241 e. The Hall–Kier alpha value is -0.610. The van der Waals surface area contributed by atoms with Crippen molar-refractivity contribution in [2.24, 2.45) is 5.73 Å². The van der Waals surface area contributed by atoms with Gasteiger partial charge in [-0.15, -0.1) is 0 Å². The molecule has 4 heteroatoms. The molecule has 1 atom stereocenters. The van der Waals surface area contributed by atoms with Crippen molar-refractivity contribution in [2.75, 3.05) is 26.8 Å². The summed E-state index contributed by atoms with van der Waals surface area (Å²) in [5.41, 5.74) is 5.39. The lowest BCUT2D eigenvalue weighted by molar-refractivity contribution is -0.142. The fourth-order valence-corrected chi connectivity index (χ4v) is 1.13. The van der Waals surface area contributed by atoms with Crippen LogP contribution in [0.15, 0.2) is 0 Å². The monoisotopic (exact) mass is 158 g/mol. The van der Waals surface area contributed by atoms with Crippen molar-refractivity contribution in [3.8, 4) is 0 Å². The van der Waals surface area contributed by atoms with Crippen LogP contribution in [0.5, 0.6) is 0 Å². The van der Waals surface area contributed by atoms with Gasteiger partial charge in [0, 0.05) is 26.8 Å². The molecule has 0 aromatic carbocycles. The van der Waals surface area contributed by atoms with Crippen molar-refractivity contribution < 1.29 is 9.53 Å². The molecule has 1 amide bonds. The molecule has 0 saturated carbocycles. The van der Waals surface area contributed by atoms with Crippen molar-refractivity contribution in [2.45, 2.75) is 12.5 Å². The summed E-state index contributed by atoms with van der Waals surface area (Å²) in [4.78, 5) is 12.7. The van der Waals surface area contributed by atoms with Gasteiger partial charge in [0.1, 0.15) is 6.04 Å². The number of nitrogens with two attached hydrogens (primary N) is 1. The van der Waals surface area contributed by atoms with Gasteiger partial charge >= 0.3 is 0 Å². The molecule has 0 aromatic heterocycles. The number of methoxy groups -OCH3 is 1. The van der Waals surface area contributed by atoms with Crippen LogP contribution in [-0.2, 0) is 9.53 Å². The molecule has 1 unspecified atom stereocenters. The van der Waals surface area contributed by atoms with Crippen molar-refractivity contribution in [1.82, 2.24) is 4.90 Å². The third-order valence-electron chi connectivity index (χ3n) is 1.82. The third-order valence-corrected chi connectivity index (χ3v) is 1.82. The van der Waals surface area contributed by atoms with E-state index in [1.165, 1.54) is 0 Å². The van der Waals surface area contributed by atoms with Gasteiger partial charge in [-0.3, -0.25) is 4.79 Å². The molecule has 1 aliphatic heterocycles. The average molecular weight is 158 g/mol. The van der Waals surface area contributed by atoms with Crippen molar-refractivity contribution in [3.05, 3.63) is 0 Å². The second kappa shape index (κ2) is 3.69. The van der Waals surface area contributed by atoms with E-state index in [-0.39, 0.29) is 11.9 Å². The van der Waals surface area contributed by atoms with Gasteiger partial charge < -0.3 is 15.4 Å². The summed E-state index contributed by atoms with van der Waals surface area (Å²) in [5.74, 6) is 0.0705. The fraction of sp³-hybridized carbons (Fsp3) is 0.857. The molecule has 0 bridgehead atoms. The second-order valence-electron chi connectivity index (χ2n) is 2.74. The van der Waals surface area contributed by atoms with Crippen LogP contribution in [0.1, 0.15) is 6.42 Å². The molecule has 0 spiro atoms. The summed E-state index contributed by atoms with van der Waals surface area (Å²) in [6.07, 6.45) is 0.898. The summed E-state index contributed by atoms with van der Waals surface area (Å²) >= 11 is 0. The number of rotatable bonds is 4. The first kappa shape index (κ1) is 8.49. The summed E-state index contributed by atoms with van der Waals surface area (Å²) in [7, 11) is 1.66. The standard InChI is InChI=1S/C7H14N2O2/c1-11-4-2-3-9-5-6(8)7(9)10/h6H,2-5,8H2,1H3. The molecule has 1 fully saturated rings. The van der Waals surface area contributed by atoms with Gasteiger partial charge in [-0.1, -0.05) is 0 Å². The normalized spacial score (nSPS) is 23.6. The first-order valence-electron chi connectivity index (χ1n) is 3.79. The minimum Gasteiger partial charge on any atom is -0.385 e. The molecular formula is C7H14N2O2. The third kappa shape index (κ3) is 1.91. The number of likely N-dealkylation sites (tertiary alicyclic amines) is 1. The molecule has 0 radical (unpaired) electrons. The van der Waals surface area contributed by atoms with E-state index in [1.807, 2.05) is 0 Å². The SMILES string of the molecule is COCCCN1CC(N)C1=O. The van der Waals surface area contributed by atoms with Crippen LogP contribution in [0.3, 0.4) is 0 Å². The molecule has 1 rings (SSSR count). The first-order chi connectivity index (χ1) is 5.25. The quantitative estimate of drug-likeness (QED) is 0.430. The first-order valence-corrected chi connectivity index (χ1v) is 3.79. The van der Waals surface area contributed by atoms with E-state index in [0.29, 0.717) is 13.2 Å². The Morgan fingerprint density at radius 1 is 1.82 bits per heavy atom.